The van der Waals surface area contributed by atoms with Crippen molar-refractivity contribution < 1.29 is 4.74 Å². The van der Waals surface area contributed by atoms with Crippen LogP contribution in [0.15, 0.2) is 0 Å². The molecule has 2 unspecified atom stereocenters. The number of likely N-dealkylation sites (tertiary alicyclic amines) is 1. The molecule has 0 aromatic heterocycles. The number of piperidine rings is 1. The molecule has 1 saturated heterocycles. The summed E-state index contributed by atoms with van der Waals surface area (Å²) in [7, 11) is 3.86. The fourth-order valence-electron chi connectivity index (χ4n) is 2.66. The van der Waals surface area contributed by atoms with Gasteiger partial charge >= 0.3 is 0 Å². The summed E-state index contributed by atoms with van der Waals surface area (Å²) in [4.78, 5) is 2.62. The van der Waals surface area contributed by atoms with Crippen LogP contribution in [0.2, 0.25) is 0 Å². The van der Waals surface area contributed by atoms with E-state index in [4.69, 9.17) is 4.74 Å². The average molecular weight is 242 g/mol. The van der Waals surface area contributed by atoms with Crippen molar-refractivity contribution in [1.82, 2.24) is 10.2 Å². The molecule has 2 atom stereocenters. The van der Waals surface area contributed by atoms with Crippen LogP contribution in [0.1, 0.15) is 39.0 Å². The van der Waals surface area contributed by atoms with Gasteiger partial charge in [0.05, 0.1) is 6.61 Å². The molecule has 1 N–H and O–H groups in total. The topological polar surface area (TPSA) is 24.5 Å². The predicted molar refractivity (Wildman–Crippen MR) is 73.4 cm³/mol. The fraction of sp³-hybridized carbons (Fsp3) is 1.00. The molecule has 1 aliphatic rings. The van der Waals surface area contributed by atoms with Gasteiger partial charge in [0.1, 0.15) is 0 Å². The molecule has 1 fully saturated rings. The van der Waals surface area contributed by atoms with Gasteiger partial charge in [0.15, 0.2) is 0 Å². The highest BCUT2D eigenvalue weighted by atomic mass is 16.5. The molecule has 0 amide bonds. The second kappa shape index (κ2) is 8.90. The van der Waals surface area contributed by atoms with Gasteiger partial charge in [-0.05, 0) is 58.7 Å². The maximum atomic E-state index is 5.27. The minimum Gasteiger partial charge on any atom is -0.384 e. The molecule has 0 aromatic carbocycles. The van der Waals surface area contributed by atoms with Crippen LogP contribution in [0.25, 0.3) is 0 Å². The summed E-state index contributed by atoms with van der Waals surface area (Å²) in [5.41, 5.74) is 0. The van der Waals surface area contributed by atoms with Gasteiger partial charge < -0.3 is 15.0 Å². The molecular formula is C14H30N2O. The Balaban J connectivity index is 2.06. The Kier molecular flexibility index (Phi) is 7.82. The van der Waals surface area contributed by atoms with Gasteiger partial charge in [0, 0.05) is 19.7 Å². The third-order valence-corrected chi connectivity index (χ3v) is 3.86. The van der Waals surface area contributed by atoms with E-state index in [9.17, 15) is 0 Å². The molecule has 17 heavy (non-hydrogen) atoms. The second-order valence-electron chi connectivity index (χ2n) is 5.45. The second-order valence-corrected chi connectivity index (χ2v) is 5.45. The molecule has 0 saturated carbocycles. The smallest absolute Gasteiger partial charge is 0.0502 e. The van der Waals surface area contributed by atoms with Crippen LogP contribution in [0, 0.1) is 5.92 Å². The van der Waals surface area contributed by atoms with E-state index in [1.165, 1.54) is 51.7 Å². The number of ether oxygens (including phenoxy) is 1. The van der Waals surface area contributed by atoms with Gasteiger partial charge in [-0.1, -0.05) is 6.42 Å². The lowest BCUT2D eigenvalue weighted by Gasteiger charge is -2.32. The molecule has 3 heteroatoms. The monoisotopic (exact) mass is 242 g/mol. The van der Waals surface area contributed by atoms with Crippen molar-refractivity contribution in [1.29, 1.82) is 0 Å². The molecule has 0 aromatic rings. The highest BCUT2D eigenvalue weighted by Gasteiger charge is 2.18. The van der Waals surface area contributed by atoms with Crippen LogP contribution < -0.4 is 5.32 Å². The lowest BCUT2D eigenvalue weighted by molar-refractivity contribution is 0.0897. The third-order valence-electron chi connectivity index (χ3n) is 3.86. The summed E-state index contributed by atoms with van der Waals surface area (Å²) in [6.07, 6.45) is 6.67. The average Bonchev–Trinajstić information content (AvgIpc) is 2.35. The van der Waals surface area contributed by atoms with E-state index in [0.717, 1.165) is 12.5 Å². The molecule has 0 aliphatic carbocycles. The van der Waals surface area contributed by atoms with Crippen molar-refractivity contribution in [2.75, 3.05) is 40.4 Å². The van der Waals surface area contributed by atoms with Crippen LogP contribution >= 0.6 is 0 Å². The number of nitrogens with zero attached hydrogens (tertiary/aromatic N) is 1. The van der Waals surface area contributed by atoms with E-state index in [0.29, 0.717) is 6.04 Å². The molecule has 102 valence electrons. The number of hydrogen-bond donors (Lipinski definition) is 1. The summed E-state index contributed by atoms with van der Waals surface area (Å²) >= 11 is 0. The molecule has 1 rings (SSSR count). The standard InChI is InChI=1S/C14H30N2O/c1-13(15-2)7-4-5-9-16-10-6-8-14(11-16)12-17-3/h13-15H,4-12H2,1-3H3. The van der Waals surface area contributed by atoms with Crippen molar-refractivity contribution in [3.63, 3.8) is 0 Å². The minimum atomic E-state index is 0.664. The SMILES string of the molecule is CNC(C)CCCCN1CCCC(COC)C1. The number of hydrogen-bond acceptors (Lipinski definition) is 3. The van der Waals surface area contributed by atoms with E-state index in [-0.39, 0.29) is 0 Å². The molecule has 0 bridgehead atoms. The van der Waals surface area contributed by atoms with E-state index >= 15 is 0 Å². The van der Waals surface area contributed by atoms with Crippen LogP contribution in [-0.2, 0) is 4.74 Å². The fourth-order valence-corrected chi connectivity index (χ4v) is 2.66. The van der Waals surface area contributed by atoms with E-state index < -0.39 is 0 Å². The van der Waals surface area contributed by atoms with Crippen molar-refractivity contribution in [3.05, 3.63) is 0 Å². The zero-order valence-electron chi connectivity index (χ0n) is 11.9. The number of rotatable bonds is 8. The zero-order valence-corrected chi connectivity index (χ0v) is 11.9. The Hall–Kier alpha value is -0.120. The van der Waals surface area contributed by atoms with Crippen LogP contribution in [0.5, 0.6) is 0 Å². The van der Waals surface area contributed by atoms with Gasteiger partial charge in [-0.2, -0.15) is 0 Å². The van der Waals surface area contributed by atoms with E-state index in [1.807, 2.05) is 14.2 Å². The third kappa shape index (κ3) is 6.39. The minimum absolute atomic E-state index is 0.664. The normalized spacial score (nSPS) is 23.8. The first-order valence-electron chi connectivity index (χ1n) is 7.14. The van der Waals surface area contributed by atoms with Crippen molar-refractivity contribution >= 4 is 0 Å². The van der Waals surface area contributed by atoms with Crippen molar-refractivity contribution in [2.24, 2.45) is 5.92 Å². The maximum absolute atomic E-state index is 5.27. The Morgan fingerprint density at radius 1 is 1.41 bits per heavy atom. The molecule has 0 radical (unpaired) electrons. The Bertz CT molecular complexity index is 185. The molecule has 1 aliphatic heterocycles. The molecular weight excluding hydrogens is 212 g/mol. The van der Waals surface area contributed by atoms with E-state index in [1.54, 1.807) is 0 Å². The van der Waals surface area contributed by atoms with Gasteiger partial charge in [-0.15, -0.1) is 0 Å². The Labute approximate surface area is 107 Å². The van der Waals surface area contributed by atoms with Crippen LogP contribution in [0.4, 0.5) is 0 Å². The predicted octanol–water partition coefficient (Wildman–Crippen LogP) is 2.12. The first-order chi connectivity index (χ1) is 8.26. The lowest BCUT2D eigenvalue weighted by atomic mass is 9.98. The first-order valence-corrected chi connectivity index (χ1v) is 7.14. The van der Waals surface area contributed by atoms with Crippen molar-refractivity contribution in [3.8, 4) is 0 Å². The molecule has 3 nitrogen and oxygen atoms in total. The van der Waals surface area contributed by atoms with Gasteiger partial charge in [0.25, 0.3) is 0 Å². The summed E-state index contributed by atoms with van der Waals surface area (Å²) < 4.78 is 5.27. The Morgan fingerprint density at radius 2 is 2.24 bits per heavy atom. The summed E-state index contributed by atoms with van der Waals surface area (Å²) in [5.74, 6) is 0.769. The van der Waals surface area contributed by atoms with E-state index in [2.05, 4.69) is 17.1 Å². The summed E-state index contributed by atoms with van der Waals surface area (Å²) in [6, 6.07) is 0.664. The number of nitrogens with one attached hydrogen (secondary N) is 1. The largest absolute Gasteiger partial charge is 0.384 e. The number of unbranched alkanes of at least 4 members (excludes halogenated alkanes) is 1. The highest BCUT2D eigenvalue weighted by molar-refractivity contribution is 4.72. The number of methoxy groups -OCH3 is 1. The lowest BCUT2D eigenvalue weighted by Crippen LogP contribution is -2.37. The summed E-state index contributed by atoms with van der Waals surface area (Å²) in [6.45, 7) is 7.01. The van der Waals surface area contributed by atoms with Crippen LogP contribution in [-0.4, -0.2) is 51.3 Å². The maximum Gasteiger partial charge on any atom is 0.0502 e. The van der Waals surface area contributed by atoms with Gasteiger partial charge in [-0.25, -0.2) is 0 Å². The Morgan fingerprint density at radius 3 is 2.94 bits per heavy atom. The van der Waals surface area contributed by atoms with Gasteiger partial charge in [0.2, 0.25) is 0 Å². The molecule has 0 spiro atoms. The zero-order chi connectivity index (χ0) is 12.5. The van der Waals surface area contributed by atoms with Crippen LogP contribution in [0.3, 0.4) is 0 Å². The first kappa shape index (κ1) is 14.9. The van der Waals surface area contributed by atoms with Gasteiger partial charge in [-0.3, -0.25) is 0 Å². The quantitative estimate of drug-likeness (QED) is 0.660. The van der Waals surface area contributed by atoms with Crippen molar-refractivity contribution in [2.45, 2.75) is 45.1 Å². The summed E-state index contributed by atoms with van der Waals surface area (Å²) in [5, 5.41) is 3.30. The molecule has 1 heterocycles. The highest BCUT2D eigenvalue weighted by Crippen LogP contribution is 2.17.